The number of H-pyrrole nitrogens is 1. The molecule has 0 atom stereocenters. The molecule has 2 aromatic heterocycles. The van der Waals surface area contributed by atoms with Crippen molar-refractivity contribution in [3.63, 3.8) is 0 Å². The summed E-state index contributed by atoms with van der Waals surface area (Å²) in [6.07, 6.45) is 0.276. The van der Waals surface area contributed by atoms with Gasteiger partial charge in [-0.15, -0.1) is 11.3 Å². The molecule has 0 aliphatic heterocycles. The van der Waals surface area contributed by atoms with Crippen molar-refractivity contribution in [1.29, 1.82) is 0 Å². The van der Waals surface area contributed by atoms with Crippen molar-refractivity contribution in [3.8, 4) is 5.75 Å². The average Bonchev–Trinajstić information content (AvgIpc) is 3.14. The molecule has 0 aliphatic carbocycles. The Morgan fingerprint density at radius 3 is 2.70 bits per heavy atom. The first-order valence-electron chi connectivity index (χ1n) is 8.49. The van der Waals surface area contributed by atoms with Gasteiger partial charge in [-0.2, -0.15) is 5.10 Å². The van der Waals surface area contributed by atoms with Crippen molar-refractivity contribution in [2.45, 2.75) is 32.7 Å². The van der Waals surface area contributed by atoms with Gasteiger partial charge in [0.2, 0.25) is 5.91 Å². The monoisotopic (exact) mass is 386 g/mol. The molecule has 0 aliphatic rings. The number of aromatic amines is 1. The Labute approximate surface area is 161 Å². The van der Waals surface area contributed by atoms with E-state index >= 15 is 0 Å². The number of hydrogen-bond donors (Lipinski definition) is 3. The van der Waals surface area contributed by atoms with Crippen LogP contribution in [-0.4, -0.2) is 34.7 Å². The van der Waals surface area contributed by atoms with Gasteiger partial charge < -0.3 is 15.4 Å². The Balaban J connectivity index is 1.77. The van der Waals surface area contributed by atoms with E-state index in [-0.39, 0.29) is 23.8 Å². The molecular weight excluding hydrogens is 364 g/mol. The van der Waals surface area contributed by atoms with Crippen LogP contribution in [-0.2, 0) is 11.2 Å². The lowest BCUT2D eigenvalue weighted by Gasteiger charge is -2.20. The molecule has 2 heterocycles. The third-order valence-corrected chi connectivity index (χ3v) is 4.77. The maximum atomic E-state index is 12.6. The largest absolute Gasteiger partial charge is 0.496 e. The highest BCUT2D eigenvalue weighted by Gasteiger charge is 2.18. The Morgan fingerprint density at radius 2 is 2.00 bits per heavy atom. The van der Waals surface area contributed by atoms with Crippen molar-refractivity contribution < 1.29 is 14.3 Å². The molecule has 8 heteroatoms. The van der Waals surface area contributed by atoms with E-state index in [4.69, 9.17) is 4.74 Å². The van der Waals surface area contributed by atoms with Gasteiger partial charge in [0, 0.05) is 10.4 Å². The van der Waals surface area contributed by atoms with Crippen LogP contribution >= 0.6 is 11.3 Å². The molecule has 3 N–H and O–H groups in total. The molecule has 0 bridgehead atoms. The van der Waals surface area contributed by atoms with E-state index in [1.165, 1.54) is 18.4 Å². The zero-order chi connectivity index (χ0) is 19.6. The molecule has 0 radical (unpaired) electrons. The van der Waals surface area contributed by atoms with Crippen LogP contribution in [0.25, 0.3) is 10.2 Å². The smallest absolute Gasteiger partial charge is 0.260 e. The number of nitrogens with one attached hydrogen (secondary N) is 3. The number of carbonyl (C=O) groups is 2. The molecule has 142 valence electrons. The van der Waals surface area contributed by atoms with Gasteiger partial charge in [-0.3, -0.25) is 14.7 Å². The molecule has 7 nitrogen and oxygen atoms in total. The second-order valence-electron chi connectivity index (χ2n) is 7.16. The van der Waals surface area contributed by atoms with Gasteiger partial charge >= 0.3 is 0 Å². The highest BCUT2D eigenvalue weighted by Crippen LogP contribution is 2.30. The summed E-state index contributed by atoms with van der Waals surface area (Å²) < 4.78 is 5.23. The van der Waals surface area contributed by atoms with Crippen molar-refractivity contribution >= 4 is 39.2 Å². The number of para-hydroxylation sites is 1. The van der Waals surface area contributed by atoms with Crippen LogP contribution in [0, 0.1) is 0 Å². The number of methoxy groups -OCH3 is 1. The average molecular weight is 386 g/mol. The lowest BCUT2D eigenvalue weighted by molar-refractivity contribution is -0.121. The van der Waals surface area contributed by atoms with Crippen LogP contribution in [0.15, 0.2) is 30.3 Å². The van der Waals surface area contributed by atoms with Crippen molar-refractivity contribution in [2.24, 2.45) is 0 Å². The van der Waals surface area contributed by atoms with E-state index in [2.05, 4.69) is 20.8 Å². The third kappa shape index (κ3) is 4.46. The van der Waals surface area contributed by atoms with Crippen molar-refractivity contribution in [3.05, 3.63) is 40.8 Å². The normalized spacial score (nSPS) is 11.4. The molecular formula is C19H22N4O3S. The number of anilines is 1. The van der Waals surface area contributed by atoms with E-state index in [1.807, 2.05) is 26.8 Å². The van der Waals surface area contributed by atoms with E-state index in [0.29, 0.717) is 17.1 Å². The van der Waals surface area contributed by atoms with Crippen molar-refractivity contribution in [1.82, 2.24) is 15.5 Å². The van der Waals surface area contributed by atoms with Crippen LogP contribution in [0.2, 0.25) is 0 Å². The number of benzene rings is 1. The maximum absolute atomic E-state index is 12.6. The summed E-state index contributed by atoms with van der Waals surface area (Å²) in [6.45, 7) is 5.83. The van der Waals surface area contributed by atoms with Crippen LogP contribution in [0.4, 0.5) is 5.82 Å². The zero-order valence-electron chi connectivity index (χ0n) is 15.7. The fraction of sp³-hybridized carbons (Fsp3) is 0.316. The van der Waals surface area contributed by atoms with Gasteiger partial charge in [0.15, 0.2) is 0 Å². The minimum Gasteiger partial charge on any atom is -0.496 e. The van der Waals surface area contributed by atoms with Crippen LogP contribution in [0.5, 0.6) is 5.75 Å². The molecule has 0 unspecified atom stereocenters. The van der Waals surface area contributed by atoms with Crippen molar-refractivity contribution in [2.75, 3.05) is 12.4 Å². The zero-order valence-corrected chi connectivity index (χ0v) is 16.5. The SMILES string of the molecule is COc1ccccc1C(=O)Nc1[nH]nc2sc(CC(=O)NC(C)(C)C)cc12. The second-order valence-corrected chi connectivity index (χ2v) is 8.27. The van der Waals surface area contributed by atoms with Gasteiger partial charge in [-0.05, 0) is 39.0 Å². The minimum atomic E-state index is -0.295. The van der Waals surface area contributed by atoms with Gasteiger partial charge in [0.05, 0.1) is 24.5 Å². The number of aromatic nitrogens is 2. The summed E-state index contributed by atoms with van der Waals surface area (Å²) in [5, 5.41) is 13.6. The standard InChI is InChI=1S/C19H22N4O3S/c1-19(2,3)21-15(24)10-11-9-13-16(22-23-18(13)27-11)20-17(25)12-7-5-6-8-14(12)26-4/h5-9H,10H2,1-4H3,(H,21,24)(H2,20,22,23,25). The molecule has 0 saturated carbocycles. The molecule has 0 spiro atoms. The number of fused-ring (bicyclic) bond motifs is 1. The van der Waals surface area contributed by atoms with Gasteiger partial charge in [-0.25, -0.2) is 0 Å². The first kappa shape index (κ1) is 18.9. The van der Waals surface area contributed by atoms with E-state index in [9.17, 15) is 9.59 Å². The maximum Gasteiger partial charge on any atom is 0.260 e. The Morgan fingerprint density at radius 1 is 1.26 bits per heavy atom. The summed E-state index contributed by atoms with van der Waals surface area (Å²) >= 11 is 1.42. The van der Waals surface area contributed by atoms with Crippen LogP contribution in [0.1, 0.15) is 36.0 Å². The lowest BCUT2D eigenvalue weighted by atomic mass is 10.1. The molecule has 2 amide bonds. The lowest BCUT2D eigenvalue weighted by Crippen LogP contribution is -2.41. The Kier molecular flexibility index (Phi) is 5.18. The first-order valence-corrected chi connectivity index (χ1v) is 9.30. The van der Waals surface area contributed by atoms with E-state index in [0.717, 1.165) is 15.1 Å². The minimum absolute atomic E-state index is 0.0463. The van der Waals surface area contributed by atoms with Gasteiger partial charge in [0.25, 0.3) is 5.91 Å². The number of nitrogens with zero attached hydrogens (tertiary/aromatic N) is 1. The van der Waals surface area contributed by atoms with Gasteiger partial charge in [0.1, 0.15) is 16.4 Å². The van der Waals surface area contributed by atoms with E-state index in [1.54, 1.807) is 24.3 Å². The number of thiophene rings is 1. The Bertz CT molecular complexity index is 984. The number of carbonyl (C=O) groups excluding carboxylic acids is 2. The highest BCUT2D eigenvalue weighted by atomic mass is 32.1. The van der Waals surface area contributed by atoms with Crippen LogP contribution in [0.3, 0.4) is 0 Å². The molecule has 3 rings (SSSR count). The molecule has 0 fully saturated rings. The van der Waals surface area contributed by atoms with Gasteiger partial charge in [-0.1, -0.05) is 12.1 Å². The van der Waals surface area contributed by atoms with E-state index < -0.39 is 0 Å². The quantitative estimate of drug-likeness (QED) is 0.627. The molecule has 27 heavy (non-hydrogen) atoms. The Hall–Kier alpha value is -2.87. The predicted octanol–water partition coefficient (Wildman–Crippen LogP) is 3.34. The summed E-state index contributed by atoms with van der Waals surface area (Å²) in [6, 6.07) is 8.88. The summed E-state index contributed by atoms with van der Waals surface area (Å²) in [4.78, 5) is 26.3. The number of rotatable bonds is 5. The summed E-state index contributed by atoms with van der Waals surface area (Å²) in [7, 11) is 1.52. The fourth-order valence-corrected chi connectivity index (χ4v) is 3.67. The summed E-state index contributed by atoms with van der Waals surface area (Å²) in [5.74, 6) is 0.654. The second kappa shape index (κ2) is 7.40. The number of ether oxygens (including phenoxy) is 1. The predicted molar refractivity (Wildman–Crippen MR) is 107 cm³/mol. The fourth-order valence-electron chi connectivity index (χ4n) is 2.68. The topological polar surface area (TPSA) is 96.1 Å². The molecule has 3 aromatic rings. The first-order chi connectivity index (χ1) is 12.8. The van der Waals surface area contributed by atoms with Crippen LogP contribution < -0.4 is 15.4 Å². The third-order valence-electron chi connectivity index (χ3n) is 3.74. The number of amides is 2. The highest BCUT2D eigenvalue weighted by molar-refractivity contribution is 7.18. The number of hydrogen-bond acceptors (Lipinski definition) is 5. The molecule has 1 aromatic carbocycles. The molecule has 0 saturated heterocycles. The summed E-state index contributed by atoms with van der Waals surface area (Å²) in [5.41, 5.74) is 0.158.